The minimum atomic E-state index is 1.21. The van der Waals surface area contributed by atoms with Crippen molar-refractivity contribution >= 4 is 27.7 Å². The van der Waals surface area contributed by atoms with Crippen molar-refractivity contribution < 1.29 is 0 Å². The number of aryl methyl sites for hydroxylation is 4. The molecule has 0 spiro atoms. The number of nitrogens with zero attached hydrogens (tertiary/aromatic N) is 1. The minimum absolute atomic E-state index is 1.21. The highest BCUT2D eigenvalue weighted by Crippen LogP contribution is 2.44. The second-order valence-corrected chi connectivity index (χ2v) is 8.32. The van der Waals surface area contributed by atoms with Crippen molar-refractivity contribution in [1.29, 1.82) is 0 Å². The number of benzene rings is 4. The molecule has 0 atom stereocenters. The molecule has 4 aromatic carbocycles. The highest BCUT2D eigenvalue weighted by molar-refractivity contribution is 6.09. The molecule has 0 aliphatic carbocycles. The van der Waals surface area contributed by atoms with E-state index in [2.05, 4.69) is 112 Å². The van der Waals surface area contributed by atoms with Crippen LogP contribution >= 0.6 is 0 Å². The van der Waals surface area contributed by atoms with Gasteiger partial charge in [-0.2, -0.15) is 0 Å². The van der Waals surface area contributed by atoms with Crippen LogP contribution in [0.15, 0.2) is 79.0 Å². The first-order valence-corrected chi connectivity index (χ1v) is 10.2. The molecule has 1 aliphatic heterocycles. The van der Waals surface area contributed by atoms with Gasteiger partial charge in [-0.25, -0.2) is 0 Å². The number of hydrogen-bond donors (Lipinski definition) is 0. The lowest BCUT2D eigenvalue weighted by molar-refractivity contribution is 1.25. The van der Waals surface area contributed by atoms with E-state index in [0.29, 0.717) is 0 Å². The lowest BCUT2D eigenvalue weighted by Gasteiger charge is -2.30. The van der Waals surface area contributed by atoms with Crippen molar-refractivity contribution in [1.82, 2.24) is 0 Å². The lowest BCUT2D eigenvalue weighted by Crippen LogP contribution is -2.15. The van der Waals surface area contributed by atoms with Crippen LogP contribution in [-0.2, 0) is 0 Å². The third-order valence-electron chi connectivity index (χ3n) is 5.71. The Balaban J connectivity index is 1.84. The predicted molar refractivity (Wildman–Crippen MR) is 125 cm³/mol. The first kappa shape index (κ1) is 17.8. The summed E-state index contributed by atoms with van der Waals surface area (Å²) < 4.78 is 0. The van der Waals surface area contributed by atoms with Crippen LogP contribution in [0.5, 0.6) is 0 Å². The molecule has 0 unspecified atom stereocenters. The van der Waals surface area contributed by atoms with Gasteiger partial charge in [-0.1, -0.05) is 65.7 Å². The van der Waals surface area contributed by atoms with Gasteiger partial charge in [-0.3, -0.25) is 0 Å². The van der Waals surface area contributed by atoms with Gasteiger partial charge in [-0.05, 0) is 73.5 Å². The summed E-state index contributed by atoms with van der Waals surface area (Å²) in [6, 6.07) is 26.9. The average Bonchev–Trinajstić information content (AvgIpc) is 2.67. The molecular weight excluding hydrogens is 350 g/mol. The van der Waals surface area contributed by atoms with Crippen LogP contribution in [0, 0.1) is 27.7 Å². The van der Waals surface area contributed by atoms with Crippen LogP contribution < -0.4 is 4.90 Å². The van der Waals surface area contributed by atoms with Crippen LogP contribution in [0.1, 0.15) is 33.4 Å². The van der Waals surface area contributed by atoms with Gasteiger partial charge < -0.3 is 4.90 Å². The maximum atomic E-state index is 2.36. The van der Waals surface area contributed by atoms with Crippen LogP contribution in [0.4, 0.5) is 11.4 Å². The summed E-state index contributed by atoms with van der Waals surface area (Å²) in [5, 5.41) is 2.61. The largest absolute Gasteiger partial charge is 0.316 e. The smallest absolute Gasteiger partial charge is 0.0540 e. The van der Waals surface area contributed by atoms with Crippen molar-refractivity contribution in [3.63, 3.8) is 0 Å². The van der Waals surface area contributed by atoms with Crippen molar-refractivity contribution in [3.05, 3.63) is 112 Å². The molecule has 1 aliphatic rings. The minimum Gasteiger partial charge on any atom is -0.316 e. The van der Waals surface area contributed by atoms with Crippen molar-refractivity contribution in [3.8, 4) is 0 Å². The van der Waals surface area contributed by atoms with Gasteiger partial charge >= 0.3 is 0 Å². The van der Waals surface area contributed by atoms with E-state index in [1.54, 1.807) is 0 Å². The molecule has 0 radical (unpaired) electrons. The second-order valence-electron chi connectivity index (χ2n) is 8.32. The van der Waals surface area contributed by atoms with Crippen LogP contribution in [0.3, 0.4) is 0 Å². The molecule has 4 aromatic rings. The maximum absolute atomic E-state index is 2.36. The summed E-state index contributed by atoms with van der Waals surface area (Å²) in [6.45, 7) is 8.69. The summed E-state index contributed by atoms with van der Waals surface area (Å²) in [4.78, 5) is 2.36. The Morgan fingerprint density at radius 3 is 1.86 bits per heavy atom. The summed E-state index contributed by atoms with van der Waals surface area (Å²) in [6.07, 6.45) is 2.32. The van der Waals surface area contributed by atoms with Gasteiger partial charge in [-0.15, -0.1) is 0 Å². The highest BCUT2D eigenvalue weighted by Gasteiger charge is 2.22. The fourth-order valence-corrected chi connectivity index (χ4v) is 4.68. The SMILES string of the molecule is Cc1cc(C)cc(C2=CN(c3cc(C)cc(C)c3)c3cccc4cccc2c34)c1. The van der Waals surface area contributed by atoms with Gasteiger partial charge in [0.1, 0.15) is 0 Å². The van der Waals surface area contributed by atoms with E-state index in [9.17, 15) is 0 Å². The topological polar surface area (TPSA) is 3.24 Å². The Bertz CT molecular complexity index is 1250. The first-order valence-electron chi connectivity index (χ1n) is 10.2. The Hall–Kier alpha value is -3.32. The van der Waals surface area contributed by atoms with E-state index >= 15 is 0 Å². The molecule has 0 amide bonds. The quantitative estimate of drug-likeness (QED) is 0.348. The summed E-state index contributed by atoms with van der Waals surface area (Å²) in [5.74, 6) is 0. The first-order chi connectivity index (χ1) is 14.0. The Morgan fingerprint density at radius 2 is 1.21 bits per heavy atom. The van der Waals surface area contributed by atoms with E-state index in [-0.39, 0.29) is 0 Å². The highest BCUT2D eigenvalue weighted by atomic mass is 15.1. The number of hydrogen-bond acceptors (Lipinski definition) is 1. The van der Waals surface area contributed by atoms with Crippen molar-refractivity contribution in [2.24, 2.45) is 0 Å². The summed E-state index contributed by atoms with van der Waals surface area (Å²) in [5.41, 5.74) is 11.5. The normalized spacial score (nSPS) is 13.0. The fourth-order valence-electron chi connectivity index (χ4n) is 4.68. The van der Waals surface area contributed by atoms with E-state index in [4.69, 9.17) is 0 Å². The zero-order chi connectivity index (χ0) is 20.1. The lowest BCUT2D eigenvalue weighted by atomic mass is 9.88. The monoisotopic (exact) mass is 375 g/mol. The standard InChI is InChI=1S/C28H25N/c1-18-11-19(2)14-23(13-18)26-17-29(24-15-20(3)12-21(4)16-24)27-10-6-8-22-7-5-9-25(26)28(22)27/h5-17H,1-4H3. The molecule has 29 heavy (non-hydrogen) atoms. The van der Waals surface area contributed by atoms with E-state index in [1.165, 1.54) is 61.1 Å². The van der Waals surface area contributed by atoms with Crippen LogP contribution in [0.2, 0.25) is 0 Å². The number of rotatable bonds is 2. The van der Waals surface area contributed by atoms with Gasteiger partial charge in [0.25, 0.3) is 0 Å². The molecule has 5 rings (SSSR count). The molecule has 1 nitrogen and oxygen atoms in total. The van der Waals surface area contributed by atoms with Gasteiger partial charge in [0.05, 0.1) is 5.69 Å². The van der Waals surface area contributed by atoms with Crippen LogP contribution in [0.25, 0.3) is 16.3 Å². The fraction of sp³-hybridized carbons (Fsp3) is 0.143. The third kappa shape index (κ3) is 3.03. The van der Waals surface area contributed by atoms with Gasteiger partial charge in [0.15, 0.2) is 0 Å². The molecule has 1 heterocycles. The van der Waals surface area contributed by atoms with Crippen molar-refractivity contribution in [2.75, 3.05) is 4.90 Å². The van der Waals surface area contributed by atoms with E-state index in [0.717, 1.165) is 0 Å². The zero-order valence-electron chi connectivity index (χ0n) is 17.5. The molecule has 0 N–H and O–H groups in total. The molecule has 0 bridgehead atoms. The zero-order valence-corrected chi connectivity index (χ0v) is 17.5. The van der Waals surface area contributed by atoms with E-state index < -0.39 is 0 Å². The molecule has 1 heteroatoms. The number of anilines is 2. The van der Waals surface area contributed by atoms with Gasteiger partial charge in [0, 0.05) is 22.8 Å². The second kappa shape index (κ2) is 6.63. The van der Waals surface area contributed by atoms with Crippen LogP contribution in [-0.4, -0.2) is 0 Å². The molecule has 0 saturated heterocycles. The van der Waals surface area contributed by atoms with E-state index in [1.807, 2.05) is 0 Å². The predicted octanol–water partition coefficient (Wildman–Crippen LogP) is 7.61. The van der Waals surface area contributed by atoms with Gasteiger partial charge in [0.2, 0.25) is 0 Å². The summed E-state index contributed by atoms with van der Waals surface area (Å²) >= 11 is 0. The molecule has 0 aromatic heterocycles. The molecule has 0 saturated carbocycles. The maximum Gasteiger partial charge on any atom is 0.0540 e. The molecular formula is C28H25N. The Morgan fingerprint density at radius 1 is 0.621 bits per heavy atom. The average molecular weight is 376 g/mol. The molecule has 0 fully saturated rings. The third-order valence-corrected chi connectivity index (χ3v) is 5.71. The molecule has 142 valence electrons. The Kier molecular flexibility index (Phi) is 4.06. The van der Waals surface area contributed by atoms with Crippen molar-refractivity contribution in [2.45, 2.75) is 27.7 Å². The Labute approximate surface area is 172 Å². The summed E-state index contributed by atoms with van der Waals surface area (Å²) in [7, 11) is 0.